The van der Waals surface area contributed by atoms with Gasteiger partial charge in [-0.3, -0.25) is 9.78 Å². The molecule has 2 atom stereocenters. The van der Waals surface area contributed by atoms with Gasteiger partial charge < -0.3 is 9.80 Å². The van der Waals surface area contributed by atoms with E-state index in [2.05, 4.69) is 19.9 Å². The van der Waals surface area contributed by atoms with Crippen LogP contribution in [-0.4, -0.2) is 51.9 Å². The van der Waals surface area contributed by atoms with E-state index in [-0.39, 0.29) is 11.5 Å². The predicted molar refractivity (Wildman–Crippen MR) is 85.9 cm³/mol. The number of anilines is 1. The minimum absolute atomic E-state index is 0.104. The van der Waals surface area contributed by atoms with E-state index in [1.54, 1.807) is 23.4 Å². The Morgan fingerprint density at radius 1 is 1.12 bits per heavy atom. The van der Waals surface area contributed by atoms with Gasteiger partial charge in [0.15, 0.2) is 5.82 Å². The van der Waals surface area contributed by atoms with Crippen LogP contribution >= 0.6 is 0 Å². The van der Waals surface area contributed by atoms with Crippen molar-refractivity contribution in [1.82, 2.24) is 19.9 Å². The molecule has 0 saturated carbocycles. The summed E-state index contributed by atoms with van der Waals surface area (Å²) in [6.07, 6.45) is 7.01. The number of amides is 1. The molecule has 1 amide bonds. The Hall–Kier alpha value is -2.57. The monoisotopic (exact) mass is 327 g/mol. The van der Waals surface area contributed by atoms with Crippen molar-refractivity contribution in [2.24, 2.45) is 11.8 Å². The highest BCUT2D eigenvalue weighted by Gasteiger charge is 2.39. The Labute approximate surface area is 139 Å². The molecular formula is C17H18FN5O. The molecule has 4 rings (SSSR count). The third-order valence-corrected chi connectivity index (χ3v) is 4.93. The Bertz CT molecular complexity index is 741. The van der Waals surface area contributed by atoms with Gasteiger partial charge in [0, 0.05) is 44.8 Å². The van der Waals surface area contributed by atoms with E-state index in [1.165, 1.54) is 12.3 Å². The van der Waals surface area contributed by atoms with Gasteiger partial charge in [-0.05, 0) is 30.4 Å². The molecule has 0 spiro atoms. The summed E-state index contributed by atoms with van der Waals surface area (Å²) in [5.41, 5.74) is 0.104. The smallest absolute Gasteiger partial charge is 0.256 e. The number of fused-ring (bicyclic) bond motifs is 1. The molecule has 0 radical (unpaired) electrons. The standard InChI is InChI=1S/C17H18FN5O/c18-15-8-19-6-2-14(15)16(24)23-9-12-3-7-22(10-13(12)11-23)17-20-4-1-5-21-17/h1-2,4-6,8,12-13H,3,7,9-11H2/t12-,13+/m0/s1. The van der Waals surface area contributed by atoms with Crippen LogP contribution in [0.3, 0.4) is 0 Å². The summed E-state index contributed by atoms with van der Waals surface area (Å²) in [4.78, 5) is 28.8. The molecule has 0 aromatic carbocycles. The van der Waals surface area contributed by atoms with Crippen LogP contribution < -0.4 is 4.90 Å². The molecule has 7 heteroatoms. The van der Waals surface area contributed by atoms with Crippen molar-refractivity contribution < 1.29 is 9.18 Å². The maximum Gasteiger partial charge on any atom is 0.256 e. The van der Waals surface area contributed by atoms with Gasteiger partial charge >= 0.3 is 0 Å². The van der Waals surface area contributed by atoms with Crippen LogP contribution in [0.2, 0.25) is 0 Å². The Morgan fingerprint density at radius 3 is 2.71 bits per heavy atom. The molecule has 24 heavy (non-hydrogen) atoms. The quantitative estimate of drug-likeness (QED) is 0.838. The Morgan fingerprint density at radius 2 is 1.92 bits per heavy atom. The Balaban J connectivity index is 1.47. The molecule has 2 aromatic rings. The van der Waals surface area contributed by atoms with E-state index in [0.29, 0.717) is 24.9 Å². The molecule has 0 unspecified atom stereocenters. The molecule has 0 N–H and O–H groups in total. The highest BCUT2D eigenvalue weighted by molar-refractivity contribution is 5.94. The van der Waals surface area contributed by atoms with Crippen molar-refractivity contribution >= 4 is 11.9 Å². The summed E-state index contributed by atoms with van der Waals surface area (Å²) in [6.45, 7) is 3.05. The summed E-state index contributed by atoms with van der Waals surface area (Å²) < 4.78 is 13.8. The van der Waals surface area contributed by atoms with E-state index in [9.17, 15) is 9.18 Å². The molecule has 2 aliphatic rings. The number of likely N-dealkylation sites (tertiary alicyclic amines) is 1. The fourth-order valence-electron chi connectivity index (χ4n) is 3.69. The van der Waals surface area contributed by atoms with Crippen LogP contribution in [-0.2, 0) is 0 Å². The number of halogens is 1. The van der Waals surface area contributed by atoms with Gasteiger partial charge in [0.2, 0.25) is 5.95 Å². The molecule has 0 bridgehead atoms. The average Bonchev–Trinajstić information content (AvgIpc) is 3.05. The molecule has 2 saturated heterocycles. The number of hydrogen-bond acceptors (Lipinski definition) is 5. The van der Waals surface area contributed by atoms with Crippen LogP contribution in [0.25, 0.3) is 0 Å². The van der Waals surface area contributed by atoms with Crippen molar-refractivity contribution in [3.8, 4) is 0 Å². The Kier molecular flexibility index (Phi) is 3.84. The van der Waals surface area contributed by atoms with Crippen molar-refractivity contribution in [1.29, 1.82) is 0 Å². The molecule has 4 heterocycles. The number of piperidine rings is 1. The maximum atomic E-state index is 13.8. The van der Waals surface area contributed by atoms with Crippen molar-refractivity contribution in [3.63, 3.8) is 0 Å². The summed E-state index contributed by atoms with van der Waals surface area (Å²) in [5.74, 6) is 0.764. The normalized spacial score (nSPS) is 23.2. The number of hydrogen-bond donors (Lipinski definition) is 0. The highest BCUT2D eigenvalue weighted by Crippen LogP contribution is 2.33. The highest BCUT2D eigenvalue weighted by atomic mass is 19.1. The summed E-state index contributed by atoms with van der Waals surface area (Å²) in [6, 6.07) is 3.25. The van der Waals surface area contributed by atoms with E-state index < -0.39 is 5.82 Å². The second kappa shape index (κ2) is 6.14. The fourth-order valence-corrected chi connectivity index (χ4v) is 3.69. The predicted octanol–water partition coefficient (Wildman–Crippen LogP) is 1.61. The second-order valence-electron chi connectivity index (χ2n) is 6.37. The lowest BCUT2D eigenvalue weighted by Gasteiger charge is -2.34. The number of aromatic nitrogens is 3. The van der Waals surface area contributed by atoms with Crippen LogP contribution in [0, 0.1) is 17.7 Å². The topological polar surface area (TPSA) is 62.2 Å². The lowest BCUT2D eigenvalue weighted by atomic mass is 9.89. The van der Waals surface area contributed by atoms with E-state index in [0.717, 1.165) is 31.7 Å². The van der Waals surface area contributed by atoms with Gasteiger partial charge in [-0.1, -0.05) is 0 Å². The largest absolute Gasteiger partial charge is 0.340 e. The third-order valence-electron chi connectivity index (χ3n) is 4.93. The number of carbonyl (C=O) groups excluding carboxylic acids is 1. The molecule has 2 fully saturated rings. The van der Waals surface area contributed by atoms with Crippen molar-refractivity contribution in [3.05, 3.63) is 48.3 Å². The molecule has 6 nitrogen and oxygen atoms in total. The number of nitrogens with zero attached hydrogens (tertiary/aromatic N) is 5. The SMILES string of the molecule is O=C(c1ccncc1F)N1C[C@@H]2CCN(c3ncccn3)C[C@@H]2C1. The molecule has 124 valence electrons. The molecule has 2 aliphatic heterocycles. The lowest BCUT2D eigenvalue weighted by molar-refractivity contribution is 0.0779. The lowest BCUT2D eigenvalue weighted by Crippen LogP contribution is -2.40. The molecule has 2 aromatic heterocycles. The first kappa shape index (κ1) is 15.0. The van der Waals surface area contributed by atoms with Gasteiger partial charge in [0.1, 0.15) is 0 Å². The van der Waals surface area contributed by atoms with Gasteiger partial charge in [-0.15, -0.1) is 0 Å². The van der Waals surface area contributed by atoms with Crippen LogP contribution in [0.1, 0.15) is 16.8 Å². The zero-order valence-electron chi connectivity index (χ0n) is 13.2. The van der Waals surface area contributed by atoms with E-state index in [4.69, 9.17) is 0 Å². The minimum atomic E-state index is -0.559. The summed E-state index contributed by atoms with van der Waals surface area (Å²) >= 11 is 0. The van der Waals surface area contributed by atoms with Gasteiger partial charge in [-0.2, -0.15) is 0 Å². The second-order valence-corrected chi connectivity index (χ2v) is 6.37. The van der Waals surface area contributed by atoms with Gasteiger partial charge in [-0.25, -0.2) is 14.4 Å². The first-order valence-electron chi connectivity index (χ1n) is 8.13. The van der Waals surface area contributed by atoms with Crippen molar-refractivity contribution in [2.75, 3.05) is 31.1 Å². The van der Waals surface area contributed by atoms with Crippen LogP contribution in [0.15, 0.2) is 36.9 Å². The number of carbonyl (C=O) groups is 1. The third kappa shape index (κ3) is 2.70. The van der Waals surface area contributed by atoms with E-state index >= 15 is 0 Å². The van der Waals surface area contributed by atoms with E-state index in [1.807, 2.05) is 0 Å². The average molecular weight is 327 g/mol. The minimum Gasteiger partial charge on any atom is -0.340 e. The zero-order valence-corrected chi connectivity index (χ0v) is 13.2. The van der Waals surface area contributed by atoms with Crippen LogP contribution in [0.4, 0.5) is 10.3 Å². The maximum absolute atomic E-state index is 13.8. The fraction of sp³-hybridized carbons (Fsp3) is 0.412. The zero-order chi connectivity index (χ0) is 16.5. The first-order valence-corrected chi connectivity index (χ1v) is 8.13. The number of pyridine rings is 1. The van der Waals surface area contributed by atoms with Crippen molar-refractivity contribution in [2.45, 2.75) is 6.42 Å². The van der Waals surface area contributed by atoms with Gasteiger partial charge in [0.05, 0.1) is 11.8 Å². The molecule has 0 aliphatic carbocycles. The summed E-state index contributed by atoms with van der Waals surface area (Å²) in [5, 5.41) is 0. The first-order chi connectivity index (χ1) is 11.7. The van der Waals surface area contributed by atoms with Crippen LogP contribution in [0.5, 0.6) is 0 Å². The van der Waals surface area contributed by atoms with Gasteiger partial charge in [0.25, 0.3) is 5.91 Å². The summed E-state index contributed by atoms with van der Waals surface area (Å²) in [7, 11) is 0. The number of rotatable bonds is 2. The molecular weight excluding hydrogens is 309 g/mol.